The van der Waals surface area contributed by atoms with Crippen LogP contribution in [0.25, 0.3) is 0 Å². The molecule has 0 atom stereocenters. The Morgan fingerprint density at radius 3 is 2.58 bits per heavy atom. The summed E-state index contributed by atoms with van der Waals surface area (Å²) in [4.78, 5) is 28.1. The second kappa shape index (κ2) is 9.11. The maximum atomic E-state index is 12.0. The van der Waals surface area contributed by atoms with Gasteiger partial charge in [0, 0.05) is 25.2 Å². The number of nitrogens with zero attached hydrogens (tertiary/aromatic N) is 1. The smallest absolute Gasteiger partial charge is 0.257 e. The Morgan fingerprint density at radius 1 is 1.21 bits per heavy atom. The van der Waals surface area contributed by atoms with E-state index in [4.69, 9.17) is 9.47 Å². The molecule has 24 heavy (non-hydrogen) atoms. The number of nitrogens with one attached hydrogen (secondary N) is 2. The van der Waals surface area contributed by atoms with Crippen molar-refractivity contribution in [2.45, 2.75) is 12.7 Å². The van der Waals surface area contributed by atoms with E-state index >= 15 is 0 Å². The van der Waals surface area contributed by atoms with Crippen LogP contribution in [0.3, 0.4) is 0 Å². The van der Waals surface area contributed by atoms with Crippen molar-refractivity contribution >= 4 is 28.3 Å². The molecule has 2 aromatic rings. The van der Waals surface area contributed by atoms with E-state index in [2.05, 4.69) is 15.6 Å². The third-order valence-corrected chi connectivity index (χ3v) is 3.95. The SMILES string of the molecule is COC(CNC(=O)Cc1csc(NC(=O)c2ccccc2)n1)OC. The van der Waals surface area contributed by atoms with Crippen molar-refractivity contribution in [3.8, 4) is 0 Å². The molecule has 8 heteroatoms. The lowest BCUT2D eigenvalue weighted by Crippen LogP contribution is -2.35. The summed E-state index contributed by atoms with van der Waals surface area (Å²) in [6.45, 7) is 0.258. The molecule has 0 aliphatic carbocycles. The molecule has 2 rings (SSSR count). The summed E-state index contributed by atoms with van der Waals surface area (Å²) < 4.78 is 9.98. The number of methoxy groups -OCH3 is 2. The molecule has 0 aliphatic heterocycles. The van der Waals surface area contributed by atoms with Crippen LogP contribution in [-0.2, 0) is 20.7 Å². The molecule has 1 aromatic carbocycles. The van der Waals surface area contributed by atoms with E-state index in [1.807, 2.05) is 6.07 Å². The molecule has 0 spiro atoms. The summed E-state index contributed by atoms with van der Waals surface area (Å²) >= 11 is 1.28. The quantitative estimate of drug-likeness (QED) is 0.708. The maximum Gasteiger partial charge on any atom is 0.257 e. The molecule has 0 radical (unpaired) electrons. The van der Waals surface area contributed by atoms with Crippen molar-refractivity contribution in [3.63, 3.8) is 0 Å². The van der Waals surface area contributed by atoms with Crippen LogP contribution in [0.5, 0.6) is 0 Å². The van der Waals surface area contributed by atoms with Crippen molar-refractivity contribution < 1.29 is 19.1 Å². The number of carbonyl (C=O) groups excluding carboxylic acids is 2. The molecule has 2 amide bonds. The van der Waals surface area contributed by atoms with Crippen molar-refractivity contribution in [1.82, 2.24) is 10.3 Å². The highest BCUT2D eigenvalue weighted by atomic mass is 32.1. The summed E-state index contributed by atoms with van der Waals surface area (Å²) in [5, 5.41) is 7.61. The number of thiazole rings is 1. The van der Waals surface area contributed by atoms with E-state index in [1.165, 1.54) is 25.6 Å². The van der Waals surface area contributed by atoms with E-state index < -0.39 is 6.29 Å². The van der Waals surface area contributed by atoms with Crippen LogP contribution >= 0.6 is 11.3 Å². The second-order valence-corrected chi connectivity index (χ2v) is 5.70. The molecular weight excluding hydrogens is 330 g/mol. The fraction of sp³-hybridized carbons (Fsp3) is 0.312. The van der Waals surface area contributed by atoms with Crippen LogP contribution in [0.15, 0.2) is 35.7 Å². The molecule has 2 N–H and O–H groups in total. The Kier molecular flexibility index (Phi) is 6.86. The van der Waals surface area contributed by atoms with Crippen LogP contribution in [0.1, 0.15) is 16.1 Å². The van der Waals surface area contributed by atoms with Gasteiger partial charge in [0.1, 0.15) is 0 Å². The average molecular weight is 349 g/mol. The van der Waals surface area contributed by atoms with Gasteiger partial charge in [-0.3, -0.25) is 14.9 Å². The molecule has 7 nitrogen and oxygen atoms in total. The van der Waals surface area contributed by atoms with E-state index in [9.17, 15) is 9.59 Å². The van der Waals surface area contributed by atoms with Crippen molar-refractivity contribution in [3.05, 3.63) is 47.0 Å². The first-order chi connectivity index (χ1) is 11.6. The third kappa shape index (κ3) is 5.41. The van der Waals surface area contributed by atoms with E-state index in [0.29, 0.717) is 16.4 Å². The number of ether oxygens (including phenoxy) is 2. The lowest BCUT2D eigenvalue weighted by atomic mass is 10.2. The van der Waals surface area contributed by atoms with Crippen molar-refractivity contribution in [2.24, 2.45) is 0 Å². The molecule has 0 saturated heterocycles. The summed E-state index contributed by atoms with van der Waals surface area (Å²) in [5.41, 5.74) is 1.14. The minimum Gasteiger partial charge on any atom is -0.354 e. The highest BCUT2D eigenvalue weighted by molar-refractivity contribution is 7.14. The number of amides is 2. The monoisotopic (exact) mass is 349 g/mol. The summed E-state index contributed by atoms with van der Waals surface area (Å²) in [6.07, 6.45) is -0.359. The van der Waals surface area contributed by atoms with Gasteiger partial charge in [-0.05, 0) is 12.1 Å². The van der Waals surface area contributed by atoms with E-state index in [1.54, 1.807) is 29.6 Å². The normalized spacial score (nSPS) is 10.6. The predicted octanol–water partition coefficient (Wildman–Crippen LogP) is 1.67. The van der Waals surface area contributed by atoms with Gasteiger partial charge in [-0.25, -0.2) is 4.98 Å². The Hall–Kier alpha value is -2.29. The summed E-state index contributed by atoms with van der Waals surface area (Å²) in [5.74, 6) is -0.427. The first-order valence-electron chi connectivity index (χ1n) is 7.25. The number of hydrogen-bond donors (Lipinski definition) is 2. The van der Waals surface area contributed by atoms with Gasteiger partial charge >= 0.3 is 0 Å². The Bertz CT molecular complexity index is 671. The van der Waals surface area contributed by atoms with Gasteiger partial charge < -0.3 is 14.8 Å². The van der Waals surface area contributed by atoms with Gasteiger partial charge in [-0.2, -0.15) is 0 Å². The lowest BCUT2D eigenvalue weighted by molar-refractivity contribution is -0.126. The molecule has 1 aromatic heterocycles. The van der Waals surface area contributed by atoms with Crippen LogP contribution in [-0.4, -0.2) is 43.9 Å². The number of carbonyl (C=O) groups is 2. The molecule has 0 unspecified atom stereocenters. The van der Waals surface area contributed by atoms with Gasteiger partial charge in [0.05, 0.1) is 18.7 Å². The van der Waals surface area contributed by atoms with Crippen LogP contribution in [0, 0.1) is 0 Å². The standard InChI is InChI=1S/C16H19N3O4S/c1-22-14(23-2)9-17-13(20)8-12-10-24-16(18-12)19-15(21)11-6-4-3-5-7-11/h3-7,10,14H,8-9H2,1-2H3,(H,17,20)(H,18,19,21). The first kappa shape index (κ1) is 18.1. The van der Waals surface area contributed by atoms with E-state index in [-0.39, 0.29) is 24.8 Å². The Balaban J connectivity index is 1.84. The largest absolute Gasteiger partial charge is 0.354 e. The topological polar surface area (TPSA) is 89.6 Å². The molecule has 0 saturated carbocycles. The highest BCUT2D eigenvalue weighted by Crippen LogP contribution is 2.17. The fourth-order valence-corrected chi connectivity index (χ4v) is 2.60. The zero-order chi connectivity index (χ0) is 17.4. The first-order valence-corrected chi connectivity index (χ1v) is 8.13. The minimum absolute atomic E-state index is 0.123. The molecule has 1 heterocycles. The zero-order valence-electron chi connectivity index (χ0n) is 13.4. The maximum absolute atomic E-state index is 12.0. The third-order valence-electron chi connectivity index (χ3n) is 3.14. The lowest BCUT2D eigenvalue weighted by Gasteiger charge is -2.13. The van der Waals surface area contributed by atoms with Crippen molar-refractivity contribution in [2.75, 3.05) is 26.1 Å². The highest BCUT2D eigenvalue weighted by Gasteiger charge is 2.12. The van der Waals surface area contributed by atoms with Gasteiger partial charge in [0.25, 0.3) is 5.91 Å². The van der Waals surface area contributed by atoms with Crippen LogP contribution in [0.2, 0.25) is 0 Å². The molecule has 128 valence electrons. The van der Waals surface area contributed by atoms with Gasteiger partial charge in [0.2, 0.25) is 5.91 Å². The molecule has 0 fully saturated rings. The van der Waals surface area contributed by atoms with Gasteiger partial charge in [-0.15, -0.1) is 11.3 Å². The average Bonchev–Trinajstić information content (AvgIpc) is 3.03. The Morgan fingerprint density at radius 2 is 1.92 bits per heavy atom. The Labute approximate surface area is 144 Å². The van der Waals surface area contributed by atoms with Crippen molar-refractivity contribution in [1.29, 1.82) is 0 Å². The zero-order valence-corrected chi connectivity index (χ0v) is 14.3. The number of anilines is 1. The number of rotatable bonds is 8. The van der Waals surface area contributed by atoms with Gasteiger partial charge in [-0.1, -0.05) is 18.2 Å². The van der Waals surface area contributed by atoms with E-state index in [0.717, 1.165) is 0 Å². The van der Waals surface area contributed by atoms with Crippen LogP contribution in [0.4, 0.5) is 5.13 Å². The number of hydrogen-bond acceptors (Lipinski definition) is 6. The molecular formula is C16H19N3O4S. The molecule has 0 aliphatic rings. The molecule has 0 bridgehead atoms. The fourth-order valence-electron chi connectivity index (χ4n) is 1.89. The van der Waals surface area contributed by atoms with Crippen LogP contribution < -0.4 is 10.6 Å². The predicted molar refractivity (Wildman–Crippen MR) is 91.0 cm³/mol. The number of aromatic nitrogens is 1. The minimum atomic E-state index is -0.481. The summed E-state index contributed by atoms with van der Waals surface area (Å²) in [7, 11) is 3.00. The van der Waals surface area contributed by atoms with Gasteiger partial charge in [0.15, 0.2) is 11.4 Å². The summed E-state index contributed by atoms with van der Waals surface area (Å²) in [6, 6.07) is 8.87. The number of benzene rings is 1. The second-order valence-electron chi connectivity index (χ2n) is 4.85.